The zero-order valence-electron chi connectivity index (χ0n) is 14.0. The molecule has 2 aromatic carbocycles. The summed E-state index contributed by atoms with van der Waals surface area (Å²) >= 11 is 11.7. The number of hydrogen-bond acceptors (Lipinski definition) is 4. The van der Waals surface area contributed by atoms with Crippen LogP contribution in [-0.2, 0) is 0 Å². The van der Waals surface area contributed by atoms with Gasteiger partial charge in [0.05, 0.1) is 0 Å². The zero-order chi connectivity index (χ0) is 18.9. The third-order valence-electron chi connectivity index (χ3n) is 4.27. The first-order chi connectivity index (χ1) is 12.3. The molecule has 0 N–H and O–H groups in total. The predicted octanol–water partition coefficient (Wildman–Crippen LogP) is 4.69. The van der Waals surface area contributed by atoms with Crippen LogP contribution in [0, 0.1) is 10.1 Å². The van der Waals surface area contributed by atoms with Crippen LogP contribution in [0.5, 0.6) is 0 Å². The van der Waals surface area contributed by atoms with Gasteiger partial charge in [0.25, 0.3) is 0 Å². The van der Waals surface area contributed by atoms with Crippen LogP contribution < -0.4 is 0 Å². The fraction of sp³-hybridized carbons (Fsp3) is 0.222. The van der Waals surface area contributed by atoms with Crippen molar-refractivity contribution >= 4 is 37.9 Å². The van der Waals surface area contributed by atoms with Crippen molar-refractivity contribution in [2.24, 2.45) is 0 Å². The molecule has 1 atom stereocenters. The van der Waals surface area contributed by atoms with Crippen molar-refractivity contribution in [1.29, 1.82) is 0 Å². The topological polar surface area (TPSA) is 68.9 Å². The average Bonchev–Trinajstić information content (AvgIpc) is 3.06. The summed E-state index contributed by atoms with van der Waals surface area (Å²) in [5.74, 6) is -0.463. The first kappa shape index (κ1) is 19.1. The van der Waals surface area contributed by atoms with Gasteiger partial charge in [-0.05, 0) is 0 Å². The third kappa shape index (κ3) is 3.69. The number of hydrogen-bond donors (Lipinski definition) is 0. The monoisotopic (exact) mass is 455 g/mol. The van der Waals surface area contributed by atoms with Gasteiger partial charge in [-0.25, -0.2) is 0 Å². The van der Waals surface area contributed by atoms with E-state index in [-0.39, 0.29) is 19.7 Å². The van der Waals surface area contributed by atoms with Gasteiger partial charge in [-0.1, -0.05) is 0 Å². The summed E-state index contributed by atoms with van der Waals surface area (Å²) in [7, 11) is 0. The predicted molar refractivity (Wildman–Crippen MR) is 104 cm³/mol. The Morgan fingerprint density at radius 3 is 2.12 bits per heavy atom. The Bertz CT molecular complexity index is 924. The molecule has 3 rings (SSSR count). The third-order valence-corrected chi connectivity index (χ3v) is 6.43. The molecule has 0 fully saturated rings. The standard InChI is InChI=1S/C18H15Cl2N3O2Se/c1-18(2,23(24)25)15(11-3-7-13(19)8-4-11)17-16(21-22-26-17)12-5-9-14(20)10-6-12/h3-10,15H,1-2H3. The van der Waals surface area contributed by atoms with Crippen molar-refractivity contribution in [3.05, 3.63) is 78.7 Å². The molecule has 1 heterocycles. The Labute approximate surface area is 167 Å². The van der Waals surface area contributed by atoms with E-state index in [1.807, 2.05) is 24.3 Å². The van der Waals surface area contributed by atoms with Crippen molar-refractivity contribution in [2.75, 3.05) is 0 Å². The average molecular weight is 455 g/mol. The molecule has 134 valence electrons. The van der Waals surface area contributed by atoms with Crippen LogP contribution in [-0.4, -0.2) is 34.4 Å². The second-order valence-electron chi connectivity index (χ2n) is 6.39. The van der Waals surface area contributed by atoms with Crippen molar-refractivity contribution < 1.29 is 4.92 Å². The Balaban J connectivity index is 2.18. The normalized spacial score (nSPS) is 12.8. The molecule has 0 spiro atoms. The molecule has 0 aliphatic heterocycles. The molecule has 3 aromatic rings. The molecule has 0 bridgehead atoms. The minimum atomic E-state index is -1.22. The Kier molecular flexibility index (Phi) is 5.49. The first-order valence-corrected chi connectivity index (χ1v) is 10.2. The van der Waals surface area contributed by atoms with Crippen LogP contribution in [0.1, 0.15) is 29.8 Å². The SMILES string of the molecule is CC(C)(C(c1ccc(Cl)cc1)c1[se]nnc1-c1ccc(Cl)cc1)[N+](=O)[O-]. The Hall–Kier alpha value is -1.72. The molecule has 0 aliphatic rings. The van der Waals surface area contributed by atoms with Gasteiger partial charge in [-0.15, -0.1) is 0 Å². The number of rotatable bonds is 5. The van der Waals surface area contributed by atoms with Gasteiger partial charge in [0.1, 0.15) is 0 Å². The number of nitro groups is 1. The van der Waals surface area contributed by atoms with Gasteiger partial charge in [0, 0.05) is 0 Å². The molecule has 8 heteroatoms. The van der Waals surface area contributed by atoms with E-state index in [4.69, 9.17) is 23.2 Å². The van der Waals surface area contributed by atoms with Crippen LogP contribution in [0.25, 0.3) is 11.3 Å². The van der Waals surface area contributed by atoms with Crippen molar-refractivity contribution in [3.8, 4) is 11.3 Å². The molecule has 26 heavy (non-hydrogen) atoms. The summed E-state index contributed by atoms with van der Waals surface area (Å²) in [6.45, 7) is 3.26. The summed E-state index contributed by atoms with van der Waals surface area (Å²) < 4.78 is 5.09. The quantitative estimate of drug-likeness (QED) is 0.318. The van der Waals surface area contributed by atoms with Crippen LogP contribution in [0.4, 0.5) is 0 Å². The van der Waals surface area contributed by atoms with E-state index >= 15 is 0 Å². The molecule has 0 radical (unpaired) electrons. The molecule has 0 amide bonds. The van der Waals surface area contributed by atoms with Crippen molar-refractivity contribution in [2.45, 2.75) is 25.3 Å². The second-order valence-corrected chi connectivity index (χ2v) is 8.91. The van der Waals surface area contributed by atoms with Crippen LogP contribution in [0.2, 0.25) is 10.0 Å². The maximum absolute atomic E-state index is 11.8. The van der Waals surface area contributed by atoms with Crippen LogP contribution >= 0.6 is 23.2 Å². The van der Waals surface area contributed by atoms with E-state index < -0.39 is 11.5 Å². The van der Waals surface area contributed by atoms with Gasteiger partial charge in [0.2, 0.25) is 0 Å². The molecule has 0 aliphatic carbocycles. The summed E-state index contributed by atoms with van der Waals surface area (Å²) in [4.78, 5) is 11.6. The van der Waals surface area contributed by atoms with E-state index in [0.29, 0.717) is 15.7 Å². The van der Waals surface area contributed by atoms with Crippen molar-refractivity contribution in [3.63, 3.8) is 0 Å². The number of benzene rings is 2. The van der Waals surface area contributed by atoms with E-state index in [2.05, 4.69) is 9.19 Å². The molecular formula is C18H15Cl2N3O2Se. The number of nitrogens with zero attached hydrogens (tertiary/aromatic N) is 3. The molecule has 1 unspecified atom stereocenters. The fourth-order valence-corrected chi connectivity index (χ4v) is 5.16. The first-order valence-electron chi connectivity index (χ1n) is 7.79. The Morgan fingerprint density at radius 2 is 1.58 bits per heavy atom. The van der Waals surface area contributed by atoms with Gasteiger partial charge in [0.15, 0.2) is 0 Å². The van der Waals surface area contributed by atoms with Gasteiger partial charge >= 0.3 is 167 Å². The zero-order valence-corrected chi connectivity index (χ0v) is 17.2. The summed E-state index contributed by atoms with van der Waals surface area (Å²) in [5.41, 5.74) is 1.15. The summed E-state index contributed by atoms with van der Waals surface area (Å²) in [5, 5.41) is 17.3. The molecule has 1 aromatic heterocycles. The number of halogens is 2. The van der Waals surface area contributed by atoms with E-state index in [9.17, 15) is 10.1 Å². The molecule has 5 nitrogen and oxygen atoms in total. The van der Waals surface area contributed by atoms with Gasteiger partial charge in [-0.3, -0.25) is 0 Å². The second kappa shape index (κ2) is 7.49. The summed E-state index contributed by atoms with van der Waals surface area (Å²) in [6, 6.07) is 14.4. The molecular weight excluding hydrogens is 440 g/mol. The van der Waals surface area contributed by atoms with E-state index in [1.54, 1.807) is 38.1 Å². The van der Waals surface area contributed by atoms with Crippen molar-refractivity contribution in [1.82, 2.24) is 9.19 Å². The fourth-order valence-electron chi connectivity index (χ4n) is 2.84. The van der Waals surface area contributed by atoms with E-state index in [0.717, 1.165) is 15.6 Å². The maximum atomic E-state index is 11.8. The summed E-state index contributed by atoms with van der Waals surface area (Å²) in [6.07, 6.45) is 0. The Morgan fingerprint density at radius 1 is 1.04 bits per heavy atom. The van der Waals surface area contributed by atoms with Gasteiger partial charge in [-0.2, -0.15) is 0 Å². The molecule has 0 saturated carbocycles. The van der Waals surface area contributed by atoms with Gasteiger partial charge < -0.3 is 0 Å². The van der Waals surface area contributed by atoms with E-state index in [1.165, 1.54) is 0 Å². The molecule has 0 saturated heterocycles. The van der Waals surface area contributed by atoms with Crippen LogP contribution in [0.3, 0.4) is 0 Å². The minimum absolute atomic E-state index is 0.243. The van der Waals surface area contributed by atoms with Crippen LogP contribution in [0.15, 0.2) is 48.5 Å². The number of aromatic nitrogens is 2.